The van der Waals surface area contributed by atoms with Gasteiger partial charge in [0.15, 0.2) is 0 Å². The lowest BCUT2D eigenvalue weighted by Crippen LogP contribution is -2.16. The van der Waals surface area contributed by atoms with E-state index in [1.807, 2.05) is 0 Å². The van der Waals surface area contributed by atoms with Gasteiger partial charge >= 0.3 is 0 Å². The van der Waals surface area contributed by atoms with Gasteiger partial charge in [0.25, 0.3) is 0 Å². The van der Waals surface area contributed by atoms with Crippen LogP contribution >= 0.6 is 0 Å². The quantitative estimate of drug-likeness (QED) is 0.886. The highest BCUT2D eigenvalue weighted by Gasteiger charge is 2.20. The van der Waals surface area contributed by atoms with Crippen LogP contribution in [0.1, 0.15) is 74.6 Å². The molecular weight excluding hydrogens is 234 g/mol. The second-order valence-electron chi connectivity index (χ2n) is 5.53. The second kappa shape index (κ2) is 6.99. The van der Waals surface area contributed by atoms with Gasteiger partial charge in [0.2, 0.25) is 0 Å². The van der Waals surface area contributed by atoms with E-state index in [0.717, 1.165) is 25.1 Å². The van der Waals surface area contributed by atoms with Crippen LogP contribution in [0.15, 0.2) is 0 Å². The van der Waals surface area contributed by atoms with Crippen molar-refractivity contribution in [1.82, 2.24) is 9.97 Å². The maximum atomic E-state index is 5.73. The molecule has 0 saturated heterocycles. The first kappa shape index (κ1) is 14.4. The van der Waals surface area contributed by atoms with E-state index < -0.39 is 0 Å². The van der Waals surface area contributed by atoms with E-state index in [-0.39, 0.29) is 0 Å². The van der Waals surface area contributed by atoms with Gasteiger partial charge in [-0.1, -0.05) is 33.1 Å². The molecule has 3 nitrogen and oxygen atoms in total. The van der Waals surface area contributed by atoms with Crippen molar-refractivity contribution in [1.29, 1.82) is 0 Å². The van der Waals surface area contributed by atoms with Crippen LogP contribution in [0.3, 0.4) is 0 Å². The Labute approximate surface area is 117 Å². The zero-order chi connectivity index (χ0) is 13.7. The van der Waals surface area contributed by atoms with Crippen molar-refractivity contribution >= 4 is 0 Å². The highest BCUT2D eigenvalue weighted by Crippen LogP contribution is 2.31. The summed E-state index contributed by atoms with van der Waals surface area (Å²) in [5, 5.41) is 0. The molecule has 1 fully saturated rings. The lowest BCUT2D eigenvalue weighted by Gasteiger charge is -2.22. The summed E-state index contributed by atoms with van der Waals surface area (Å²) < 4.78 is 0. The zero-order valence-corrected chi connectivity index (χ0v) is 12.4. The summed E-state index contributed by atoms with van der Waals surface area (Å²) in [5.41, 5.74) is 9.51. The predicted molar refractivity (Wildman–Crippen MR) is 79.4 cm³/mol. The molecule has 0 aliphatic heterocycles. The molecule has 0 amide bonds. The fraction of sp³-hybridized carbons (Fsp3) is 0.750. The van der Waals surface area contributed by atoms with Gasteiger partial charge in [-0.2, -0.15) is 0 Å². The first-order chi connectivity index (χ1) is 9.30. The molecule has 0 radical (unpaired) electrons. The SMILES string of the molecule is CCc1nc(C2CCCCC2)nc(CC)c1CCN. The Hall–Kier alpha value is -0.960. The number of aromatic nitrogens is 2. The average Bonchev–Trinajstić information content (AvgIpc) is 2.48. The molecule has 0 atom stereocenters. The summed E-state index contributed by atoms with van der Waals surface area (Å²) in [4.78, 5) is 9.75. The van der Waals surface area contributed by atoms with Crippen LogP contribution in [-0.4, -0.2) is 16.5 Å². The average molecular weight is 261 g/mol. The smallest absolute Gasteiger partial charge is 0.131 e. The van der Waals surface area contributed by atoms with Crippen molar-refractivity contribution in [3.63, 3.8) is 0 Å². The van der Waals surface area contributed by atoms with Crippen molar-refractivity contribution in [2.24, 2.45) is 5.73 Å². The maximum Gasteiger partial charge on any atom is 0.131 e. The molecule has 0 spiro atoms. The molecule has 3 heteroatoms. The third kappa shape index (κ3) is 3.33. The minimum Gasteiger partial charge on any atom is -0.330 e. The molecule has 2 rings (SSSR count). The molecule has 0 aromatic carbocycles. The van der Waals surface area contributed by atoms with Crippen LogP contribution in [0.25, 0.3) is 0 Å². The van der Waals surface area contributed by atoms with E-state index in [9.17, 15) is 0 Å². The van der Waals surface area contributed by atoms with Gasteiger partial charge in [-0.3, -0.25) is 0 Å². The van der Waals surface area contributed by atoms with Gasteiger partial charge in [-0.15, -0.1) is 0 Å². The topological polar surface area (TPSA) is 51.8 Å². The van der Waals surface area contributed by atoms with Crippen molar-refractivity contribution in [2.75, 3.05) is 6.54 Å². The number of nitrogens with zero attached hydrogens (tertiary/aromatic N) is 2. The van der Waals surface area contributed by atoms with Gasteiger partial charge in [-0.25, -0.2) is 9.97 Å². The van der Waals surface area contributed by atoms with Crippen molar-refractivity contribution in [3.8, 4) is 0 Å². The molecule has 1 aliphatic rings. The van der Waals surface area contributed by atoms with Crippen LogP contribution in [0, 0.1) is 0 Å². The largest absolute Gasteiger partial charge is 0.330 e. The second-order valence-corrected chi connectivity index (χ2v) is 5.53. The van der Waals surface area contributed by atoms with Crippen molar-refractivity contribution in [2.45, 2.75) is 71.1 Å². The Kier molecular flexibility index (Phi) is 5.32. The minimum absolute atomic E-state index is 0.594. The monoisotopic (exact) mass is 261 g/mol. The summed E-state index contributed by atoms with van der Waals surface area (Å²) in [6, 6.07) is 0. The summed E-state index contributed by atoms with van der Waals surface area (Å²) >= 11 is 0. The fourth-order valence-corrected chi connectivity index (χ4v) is 3.16. The maximum absolute atomic E-state index is 5.73. The number of hydrogen-bond acceptors (Lipinski definition) is 3. The molecule has 1 aromatic rings. The van der Waals surface area contributed by atoms with Crippen molar-refractivity contribution < 1.29 is 0 Å². The number of rotatable bonds is 5. The van der Waals surface area contributed by atoms with E-state index in [0.29, 0.717) is 12.5 Å². The van der Waals surface area contributed by atoms with Gasteiger partial charge < -0.3 is 5.73 Å². The Morgan fingerprint density at radius 1 is 1.00 bits per heavy atom. The fourth-order valence-electron chi connectivity index (χ4n) is 3.16. The Balaban J connectivity index is 2.34. The highest BCUT2D eigenvalue weighted by atomic mass is 14.9. The van der Waals surface area contributed by atoms with Crippen molar-refractivity contribution in [3.05, 3.63) is 22.8 Å². The summed E-state index contributed by atoms with van der Waals surface area (Å²) in [6.07, 6.45) is 9.48. The third-order valence-corrected chi connectivity index (χ3v) is 4.23. The summed E-state index contributed by atoms with van der Waals surface area (Å²) in [5.74, 6) is 1.70. The molecule has 106 valence electrons. The first-order valence-corrected chi connectivity index (χ1v) is 7.88. The van der Waals surface area contributed by atoms with Gasteiger partial charge in [0.1, 0.15) is 5.82 Å². The van der Waals surface area contributed by atoms with Crippen LogP contribution < -0.4 is 5.73 Å². The minimum atomic E-state index is 0.594. The van der Waals surface area contributed by atoms with Gasteiger partial charge in [0, 0.05) is 17.3 Å². The van der Waals surface area contributed by atoms with Crippen LogP contribution in [-0.2, 0) is 19.3 Å². The van der Waals surface area contributed by atoms with E-state index in [2.05, 4.69) is 13.8 Å². The van der Waals surface area contributed by atoms with Crippen LogP contribution in [0.5, 0.6) is 0 Å². The molecule has 0 bridgehead atoms. The first-order valence-electron chi connectivity index (χ1n) is 7.88. The third-order valence-electron chi connectivity index (χ3n) is 4.23. The van der Waals surface area contributed by atoms with E-state index in [1.165, 1.54) is 49.1 Å². The van der Waals surface area contributed by atoms with E-state index >= 15 is 0 Å². The Morgan fingerprint density at radius 3 is 2.05 bits per heavy atom. The lowest BCUT2D eigenvalue weighted by molar-refractivity contribution is 0.426. The molecule has 1 aromatic heterocycles. The summed E-state index contributed by atoms with van der Waals surface area (Å²) in [6.45, 7) is 5.06. The Morgan fingerprint density at radius 2 is 1.58 bits per heavy atom. The molecule has 2 N–H and O–H groups in total. The summed E-state index contributed by atoms with van der Waals surface area (Å²) in [7, 11) is 0. The van der Waals surface area contributed by atoms with Gasteiger partial charge in [0.05, 0.1) is 0 Å². The number of hydrogen-bond donors (Lipinski definition) is 1. The number of nitrogens with two attached hydrogens (primary N) is 1. The molecule has 1 saturated carbocycles. The molecule has 0 unspecified atom stereocenters. The highest BCUT2D eigenvalue weighted by molar-refractivity contribution is 5.27. The van der Waals surface area contributed by atoms with E-state index in [4.69, 9.17) is 15.7 Å². The molecule has 19 heavy (non-hydrogen) atoms. The molecule has 1 aliphatic carbocycles. The zero-order valence-electron chi connectivity index (χ0n) is 12.4. The standard InChI is InChI=1S/C16H27N3/c1-3-14-13(10-11-17)15(4-2)19-16(18-14)12-8-6-5-7-9-12/h12H,3-11,17H2,1-2H3. The molecule has 1 heterocycles. The van der Waals surface area contributed by atoms with Crippen LogP contribution in [0.4, 0.5) is 0 Å². The lowest BCUT2D eigenvalue weighted by atomic mass is 9.88. The van der Waals surface area contributed by atoms with E-state index in [1.54, 1.807) is 0 Å². The van der Waals surface area contributed by atoms with Gasteiger partial charge in [-0.05, 0) is 44.2 Å². The normalized spacial score (nSPS) is 16.8. The Bertz CT molecular complexity index is 383. The predicted octanol–water partition coefficient (Wildman–Crippen LogP) is 3.15. The number of aryl methyl sites for hydroxylation is 2. The van der Waals surface area contributed by atoms with Crippen LogP contribution in [0.2, 0.25) is 0 Å². The molecular formula is C16H27N3.